The minimum absolute atomic E-state index is 0.144. The van der Waals surface area contributed by atoms with Crippen molar-refractivity contribution in [2.24, 2.45) is 0 Å². The van der Waals surface area contributed by atoms with Crippen LogP contribution in [-0.2, 0) is 6.42 Å². The van der Waals surface area contributed by atoms with E-state index < -0.39 is 0 Å². The van der Waals surface area contributed by atoms with Crippen molar-refractivity contribution in [3.63, 3.8) is 0 Å². The number of fused-ring (bicyclic) bond motifs is 1. The highest BCUT2D eigenvalue weighted by Crippen LogP contribution is 2.20. The third-order valence-electron chi connectivity index (χ3n) is 3.67. The van der Waals surface area contributed by atoms with Crippen LogP contribution in [0.4, 0.5) is 5.69 Å². The van der Waals surface area contributed by atoms with E-state index in [1.807, 2.05) is 36.4 Å². The normalized spacial score (nSPS) is 10.8. The maximum absolute atomic E-state index is 12.4. The number of hydrogen-bond acceptors (Lipinski definition) is 4. The molecule has 0 aliphatic heterocycles. The first-order valence-electron chi connectivity index (χ1n) is 7.51. The van der Waals surface area contributed by atoms with Gasteiger partial charge in [-0.3, -0.25) is 9.89 Å². The molecule has 0 radical (unpaired) electrons. The van der Waals surface area contributed by atoms with E-state index in [-0.39, 0.29) is 5.91 Å². The van der Waals surface area contributed by atoms with Crippen LogP contribution < -0.4 is 5.32 Å². The van der Waals surface area contributed by atoms with Crippen LogP contribution in [0.2, 0.25) is 0 Å². The molecule has 2 heterocycles. The summed E-state index contributed by atoms with van der Waals surface area (Å²) in [5, 5.41) is 11.7. The topological polar surface area (TPSA) is 70.7 Å². The van der Waals surface area contributed by atoms with E-state index in [4.69, 9.17) is 0 Å². The number of amides is 1. The largest absolute Gasteiger partial charge is 0.321 e. The number of H-pyrrole nitrogens is 1. The molecule has 0 bridgehead atoms. The Balaban J connectivity index is 1.48. The summed E-state index contributed by atoms with van der Waals surface area (Å²) in [6.45, 7) is 0. The van der Waals surface area contributed by atoms with Gasteiger partial charge >= 0.3 is 0 Å². The standard InChI is InChI=1S/C18H14N4OS/c23-18(21-14-6-7-15-13(9-14)10-20-22-15)16-11-19-17(24-16)8-12-4-2-1-3-5-12/h1-7,9-11H,8H2,(H,20,22)(H,21,23). The second-order valence-corrected chi connectivity index (χ2v) is 6.52. The van der Waals surface area contributed by atoms with E-state index in [1.165, 1.54) is 16.9 Å². The van der Waals surface area contributed by atoms with Gasteiger partial charge in [-0.2, -0.15) is 5.10 Å². The van der Waals surface area contributed by atoms with Crippen molar-refractivity contribution in [2.45, 2.75) is 6.42 Å². The average molecular weight is 334 g/mol. The summed E-state index contributed by atoms with van der Waals surface area (Å²) in [5.41, 5.74) is 2.87. The van der Waals surface area contributed by atoms with E-state index in [2.05, 4.69) is 32.6 Å². The SMILES string of the molecule is O=C(Nc1ccc2[nH]ncc2c1)c1cnc(Cc2ccccc2)s1. The molecule has 2 aromatic heterocycles. The average Bonchev–Trinajstić information content (AvgIpc) is 3.24. The Labute approximate surface area is 142 Å². The van der Waals surface area contributed by atoms with Crippen molar-refractivity contribution in [3.8, 4) is 0 Å². The molecule has 4 aromatic rings. The maximum Gasteiger partial charge on any atom is 0.267 e. The molecule has 2 N–H and O–H groups in total. The minimum atomic E-state index is -0.144. The number of thiazole rings is 1. The first-order valence-corrected chi connectivity index (χ1v) is 8.33. The van der Waals surface area contributed by atoms with Crippen molar-refractivity contribution < 1.29 is 4.79 Å². The number of benzene rings is 2. The molecule has 0 fully saturated rings. The molecule has 0 aliphatic carbocycles. The lowest BCUT2D eigenvalue weighted by Gasteiger charge is -2.03. The number of nitrogens with zero attached hydrogens (tertiary/aromatic N) is 2. The molecule has 4 rings (SSSR count). The molecule has 0 unspecified atom stereocenters. The van der Waals surface area contributed by atoms with E-state index in [1.54, 1.807) is 12.4 Å². The Morgan fingerprint density at radius 1 is 1.12 bits per heavy atom. The zero-order valence-corrected chi connectivity index (χ0v) is 13.5. The second kappa shape index (κ2) is 6.25. The molecule has 24 heavy (non-hydrogen) atoms. The highest BCUT2D eigenvalue weighted by atomic mass is 32.1. The predicted molar refractivity (Wildman–Crippen MR) is 95.4 cm³/mol. The molecule has 118 valence electrons. The molecule has 6 heteroatoms. The molecule has 0 aliphatic rings. The lowest BCUT2D eigenvalue weighted by atomic mass is 10.2. The third-order valence-corrected chi connectivity index (χ3v) is 4.67. The maximum atomic E-state index is 12.4. The highest BCUT2D eigenvalue weighted by Gasteiger charge is 2.11. The third kappa shape index (κ3) is 3.04. The van der Waals surface area contributed by atoms with Crippen molar-refractivity contribution in [3.05, 3.63) is 76.4 Å². The Kier molecular flexibility index (Phi) is 3.80. The smallest absolute Gasteiger partial charge is 0.267 e. The number of nitrogens with one attached hydrogen (secondary N) is 2. The Morgan fingerprint density at radius 3 is 2.88 bits per heavy atom. The Hall–Kier alpha value is -2.99. The van der Waals surface area contributed by atoms with Crippen LogP contribution in [0.15, 0.2) is 60.9 Å². The van der Waals surface area contributed by atoms with Gasteiger partial charge in [-0.25, -0.2) is 4.98 Å². The van der Waals surface area contributed by atoms with Crippen LogP contribution in [0.3, 0.4) is 0 Å². The Bertz CT molecular complexity index is 990. The van der Waals surface area contributed by atoms with Crippen LogP contribution in [-0.4, -0.2) is 21.1 Å². The quantitative estimate of drug-likeness (QED) is 0.595. The first-order chi connectivity index (χ1) is 11.8. The lowest BCUT2D eigenvalue weighted by Crippen LogP contribution is -2.09. The van der Waals surface area contributed by atoms with Gasteiger partial charge in [0.15, 0.2) is 0 Å². The number of rotatable bonds is 4. The number of anilines is 1. The summed E-state index contributed by atoms with van der Waals surface area (Å²) >= 11 is 1.42. The van der Waals surface area contributed by atoms with Gasteiger partial charge in [-0.1, -0.05) is 30.3 Å². The second-order valence-electron chi connectivity index (χ2n) is 5.41. The van der Waals surface area contributed by atoms with Gasteiger partial charge in [0.25, 0.3) is 5.91 Å². The molecule has 0 saturated carbocycles. The Morgan fingerprint density at radius 2 is 2.00 bits per heavy atom. The monoisotopic (exact) mass is 334 g/mol. The molecule has 0 spiro atoms. The first kappa shape index (κ1) is 14.6. The molecular formula is C18H14N4OS. The van der Waals surface area contributed by atoms with Crippen molar-refractivity contribution in [2.75, 3.05) is 5.32 Å². The molecule has 5 nitrogen and oxygen atoms in total. The van der Waals surface area contributed by atoms with Crippen molar-refractivity contribution in [1.82, 2.24) is 15.2 Å². The summed E-state index contributed by atoms with van der Waals surface area (Å²) < 4.78 is 0. The van der Waals surface area contributed by atoms with Crippen LogP contribution >= 0.6 is 11.3 Å². The van der Waals surface area contributed by atoms with E-state index >= 15 is 0 Å². The van der Waals surface area contributed by atoms with Crippen molar-refractivity contribution in [1.29, 1.82) is 0 Å². The summed E-state index contributed by atoms with van der Waals surface area (Å²) in [5.74, 6) is -0.144. The fourth-order valence-corrected chi connectivity index (χ4v) is 3.33. The molecular weight excluding hydrogens is 320 g/mol. The minimum Gasteiger partial charge on any atom is -0.321 e. The summed E-state index contributed by atoms with van der Waals surface area (Å²) in [7, 11) is 0. The number of aromatic nitrogens is 3. The number of aromatic amines is 1. The number of carbonyl (C=O) groups is 1. The molecule has 0 atom stereocenters. The van der Waals surface area contributed by atoms with E-state index in [0.29, 0.717) is 4.88 Å². The molecule has 0 saturated heterocycles. The van der Waals surface area contributed by atoms with Crippen molar-refractivity contribution >= 4 is 33.8 Å². The van der Waals surface area contributed by atoms with Gasteiger partial charge in [-0.15, -0.1) is 11.3 Å². The van der Waals surface area contributed by atoms with Crippen LogP contribution in [0.25, 0.3) is 10.9 Å². The van der Waals surface area contributed by atoms with Crippen LogP contribution in [0.1, 0.15) is 20.2 Å². The molecule has 1 amide bonds. The number of carbonyl (C=O) groups excluding carboxylic acids is 1. The summed E-state index contributed by atoms with van der Waals surface area (Å²) in [4.78, 5) is 17.4. The lowest BCUT2D eigenvalue weighted by molar-refractivity contribution is 0.103. The predicted octanol–water partition coefficient (Wildman–Crippen LogP) is 3.86. The van der Waals surface area contributed by atoms with Crippen LogP contribution in [0, 0.1) is 0 Å². The molecule has 2 aromatic carbocycles. The van der Waals surface area contributed by atoms with E-state index in [9.17, 15) is 4.79 Å². The van der Waals surface area contributed by atoms with Gasteiger partial charge in [0.2, 0.25) is 0 Å². The zero-order valence-electron chi connectivity index (χ0n) is 12.7. The summed E-state index contributed by atoms with van der Waals surface area (Å²) in [6.07, 6.45) is 4.10. The van der Waals surface area contributed by atoms with Gasteiger partial charge in [0.05, 0.1) is 22.9 Å². The highest BCUT2D eigenvalue weighted by molar-refractivity contribution is 7.13. The van der Waals surface area contributed by atoms with Gasteiger partial charge in [-0.05, 0) is 23.8 Å². The summed E-state index contributed by atoms with van der Waals surface area (Å²) in [6, 6.07) is 15.7. The number of hydrogen-bond donors (Lipinski definition) is 2. The van der Waals surface area contributed by atoms with E-state index in [0.717, 1.165) is 28.0 Å². The van der Waals surface area contributed by atoms with Crippen LogP contribution in [0.5, 0.6) is 0 Å². The van der Waals surface area contributed by atoms with Gasteiger partial charge < -0.3 is 5.32 Å². The van der Waals surface area contributed by atoms with Gasteiger partial charge in [0, 0.05) is 17.5 Å². The zero-order chi connectivity index (χ0) is 16.4. The fraction of sp³-hybridized carbons (Fsp3) is 0.0556. The van der Waals surface area contributed by atoms with Gasteiger partial charge in [0.1, 0.15) is 4.88 Å². The fourth-order valence-electron chi connectivity index (χ4n) is 2.48.